The minimum Gasteiger partial charge on any atom is -0.399 e. The third-order valence-corrected chi connectivity index (χ3v) is 4.79. The average Bonchev–Trinajstić information content (AvgIpc) is 3.15. The van der Waals surface area contributed by atoms with Gasteiger partial charge in [0.25, 0.3) is 0 Å². The van der Waals surface area contributed by atoms with E-state index in [1.807, 2.05) is 12.1 Å². The van der Waals surface area contributed by atoms with Gasteiger partial charge in [0.15, 0.2) is 0 Å². The van der Waals surface area contributed by atoms with E-state index in [-0.39, 0.29) is 11.2 Å². The predicted molar refractivity (Wildman–Crippen MR) is 87.1 cm³/mol. The molecule has 0 bridgehead atoms. The number of ether oxygens (including phenoxy) is 1. The van der Waals surface area contributed by atoms with Gasteiger partial charge in [-0.3, -0.25) is 4.90 Å². The zero-order valence-corrected chi connectivity index (χ0v) is 13.7. The van der Waals surface area contributed by atoms with Gasteiger partial charge in [0.2, 0.25) is 0 Å². The smallest absolute Gasteiger partial charge is 0.0789 e. The maximum Gasteiger partial charge on any atom is 0.0789 e. The Labute approximate surface area is 128 Å². The van der Waals surface area contributed by atoms with Crippen LogP contribution in [0.5, 0.6) is 0 Å². The molecule has 3 heteroatoms. The molecule has 1 saturated heterocycles. The van der Waals surface area contributed by atoms with Crippen LogP contribution in [0.3, 0.4) is 0 Å². The van der Waals surface area contributed by atoms with Gasteiger partial charge in [-0.25, -0.2) is 0 Å². The Kier molecular flexibility index (Phi) is 3.53. The first-order valence-electron chi connectivity index (χ1n) is 8.07. The van der Waals surface area contributed by atoms with Crippen LogP contribution >= 0.6 is 0 Å². The molecule has 116 valence electrons. The molecule has 1 atom stereocenters. The molecule has 2 N–H and O–H groups in total. The molecule has 0 radical (unpaired) electrons. The lowest BCUT2D eigenvalue weighted by molar-refractivity contribution is -0.0821. The average molecular weight is 288 g/mol. The van der Waals surface area contributed by atoms with Gasteiger partial charge in [0.05, 0.1) is 11.2 Å². The van der Waals surface area contributed by atoms with Crippen molar-refractivity contribution in [2.24, 2.45) is 0 Å². The van der Waals surface area contributed by atoms with E-state index in [1.54, 1.807) is 0 Å². The van der Waals surface area contributed by atoms with Gasteiger partial charge in [0.1, 0.15) is 0 Å². The molecule has 21 heavy (non-hydrogen) atoms. The quantitative estimate of drug-likeness (QED) is 0.861. The molecular formula is C18H28N2O. The Bertz CT molecular complexity index is 502. The molecule has 0 spiro atoms. The topological polar surface area (TPSA) is 38.5 Å². The predicted octanol–water partition coefficient (Wildman–Crippen LogP) is 3.58. The molecule has 3 nitrogen and oxygen atoms in total. The van der Waals surface area contributed by atoms with E-state index in [0.717, 1.165) is 24.7 Å². The second-order valence-electron chi connectivity index (χ2n) is 7.83. The monoisotopic (exact) mass is 288 g/mol. The number of hydrogen-bond acceptors (Lipinski definition) is 3. The summed E-state index contributed by atoms with van der Waals surface area (Å²) in [7, 11) is 0. The summed E-state index contributed by atoms with van der Waals surface area (Å²) in [5, 5.41) is 0. The molecule has 1 unspecified atom stereocenters. The number of anilines is 1. The lowest BCUT2D eigenvalue weighted by atomic mass is 9.92. The van der Waals surface area contributed by atoms with Crippen molar-refractivity contribution in [2.75, 3.05) is 5.73 Å². The van der Waals surface area contributed by atoms with Crippen LogP contribution in [0.1, 0.15) is 52.5 Å². The van der Waals surface area contributed by atoms with Crippen LogP contribution in [0.2, 0.25) is 0 Å². The number of rotatable bonds is 4. The van der Waals surface area contributed by atoms with Crippen molar-refractivity contribution in [2.45, 2.75) is 76.8 Å². The molecule has 1 aromatic rings. The first-order chi connectivity index (χ1) is 9.77. The Balaban J connectivity index is 1.80. The van der Waals surface area contributed by atoms with Gasteiger partial charge in [-0.1, -0.05) is 12.1 Å². The number of benzene rings is 1. The Morgan fingerprint density at radius 2 is 1.76 bits per heavy atom. The molecule has 1 aromatic carbocycles. The maximum atomic E-state index is 6.30. The van der Waals surface area contributed by atoms with Crippen LogP contribution in [0.4, 0.5) is 5.69 Å². The molecule has 0 aromatic heterocycles. The highest BCUT2D eigenvalue weighted by molar-refractivity contribution is 5.39. The van der Waals surface area contributed by atoms with Crippen molar-refractivity contribution in [3.05, 3.63) is 29.8 Å². The SMILES string of the molecule is CC1(C)CC(N(Cc2ccc(N)cc2)C2CC2)C(C)(C)O1. The third kappa shape index (κ3) is 3.24. The number of nitrogens with zero attached hydrogens (tertiary/aromatic N) is 1. The summed E-state index contributed by atoms with van der Waals surface area (Å²) in [4.78, 5) is 2.67. The van der Waals surface area contributed by atoms with Gasteiger partial charge < -0.3 is 10.5 Å². The van der Waals surface area contributed by atoms with Crippen LogP contribution < -0.4 is 5.73 Å². The molecule has 0 amide bonds. The second-order valence-corrected chi connectivity index (χ2v) is 7.83. The molecule has 1 heterocycles. The summed E-state index contributed by atoms with van der Waals surface area (Å²) in [6, 6.07) is 9.51. The van der Waals surface area contributed by atoms with Crippen LogP contribution in [-0.4, -0.2) is 28.2 Å². The molecule has 1 aliphatic carbocycles. The van der Waals surface area contributed by atoms with E-state index in [9.17, 15) is 0 Å². The number of nitrogen functional groups attached to an aromatic ring is 1. The largest absolute Gasteiger partial charge is 0.399 e. The van der Waals surface area contributed by atoms with Crippen LogP contribution in [0, 0.1) is 0 Å². The van der Waals surface area contributed by atoms with Crippen molar-refractivity contribution >= 4 is 5.69 Å². The lowest BCUT2D eigenvalue weighted by Crippen LogP contribution is -2.47. The van der Waals surface area contributed by atoms with Gasteiger partial charge in [-0.2, -0.15) is 0 Å². The van der Waals surface area contributed by atoms with Crippen molar-refractivity contribution in [1.29, 1.82) is 0 Å². The number of nitrogens with two attached hydrogens (primary N) is 1. The molecule has 2 fully saturated rings. The van der Waals surface area contributed by atoms with E-state index in [2.05, 4.69) is 44.7 Å². The summed E-state index contributed by atoms with van der Waals surface area (Å²) in [5.74, 6) is 0. The van der Waals surface area contributed by atoms with Gasteiger partial charge in [0, 0.05) is 24.3 Å². The van der Waals surface area contributed by atoms with Crippen molar-refractivity contribution in [3.8, 4) is 0 Å². The summed E-state index contributed by atoms with van der Waals surface area (Å²) in [5.41, 5.74) is 7.87. The minimum absolute atomic E-state index is 0.0254. The molecule has 1 aliphatic heterocycles. The minimum atomic E-state index is -0.0834. The van der Waals surface area contributed by atoms with E-state index in [4.69, 9.17) is 10.5 Å². The standard InChI is InChI=1S/C18H28N2O/c1-17(2)11-16(18(3,4)21-17)20(15-9-10-15)12-13-5-7-14(19)8-6-13/h5-8,15-16H,9-12,19H2,1-4H3. The molecule has 2 aliphatic rings. The second kappa shape index (κ2) is 4.99. The van der Waals surface area contributed by atoms with Crippen molar-refractivity contribution in [1.82, 2.24) is 4.90 Å². The van der Waals surface area contributed by atoms with Gasteiger partial charge >= 0.3 is 0 Å². The fraction of sp³-hybridized carbons (Fsp3) is 0.667. The summed E-state index contributed by atoms with van der Waals surface area (Å²) >= 11 is 0. The highest BCUT2D eigenvalue weighted by atomic mass is 16.5. The van der Waals surface area contributed by atoms with Crippen molar-refractivity contribution < 1.29 is 4.74 Å². The van der Waals surface area contributed by atoms with Crippen LogP contribution in [0.25, 0.3) is 0 Å². The van der Waals surface area contributed by atoms with E-state index in [0.29, 0.717) is 6.04 Å². The van der Waals surface area contributed by atoms with Crippen LogP contribution in [-0.2, 0) is 11.3 Å². The fourth-order valence-electron chi connectivity index (χ4n) is 3.78. The summed E-state index contributed by atoms with van der Waals surface area (Å²) in [6.45, 7) is 9.90. The maximum absolute atomic E-state index is 6.30. The zero-order valence-electron chi connectivity index (χ0n) is 13.7. The first kappa shape index (κ1) is 14.9. The van der Waals surface area contributed by atoms with Crippen LogP contribution in [0.15, 0.2) is 24.3 Å². The molecule has 3 rings (SSSR count). The normalized spacial score (nSPS) is 27.2. The summed E-state index contributed by atoms with van der Waals surface area (Å²) < 4.78 is 6.30. The summed E-state index contributed by atoms with van der Waals surface area (Å²) in [6.07, 6.45) is 3.75. The lowest BCUT2D eigenvalue weighted by Gasteiger charge is -2.36. The third-order valence-electron chi connectivity index (χ3n) is 4.79. The Morgan fingerprint density at radius 3 is 2.24 bits per heavy atom. The number of hydrogen-bond donors (Lipinski definition) is 1. The highest BCUT2D eigenvalue weighted by Crippen LogP contribution is 2.44. The molecular weight excluding hydrogens is 260 g/mol. The first-order valence-corrected chi connectivity index (χ1v) is 8.07. The van der Waals surface area contributed by atoms with E-state index in [1.165, 1.54) is 18.4 Å². The van der Waals surface area contributed by atoms with Gasteiger partial charge in [-0.15, -0.1) is 0 Å². The van der Waals surface area contributed by atoms with Gasteiger partial charge in [-0.05, 0) is 64.7 Å². The highest BCUT2D eigenvalue weighted by Gasteiger charge is 2.51. The zero-order chi connectivity index (χ0) is 15.3. The van der Waals surface area contributed by atoms with E-state index >= 15 is 0 Å². The Hall–Kier alpha value is -1.06. The Morgan fingerprint density at radius 1 is 1.14 bits per heavy atom. The van der Waals surface area contributed by atoms with E-state index < -0.39 is 0 Å². The van der Waals surface area contributed by atoms with Crippen molar-refractivity contribution in [3.63, 3.8) is 0 Å². The fourth-order valence-corrected chi connectivity index (χ4v) is 3.78. The molecule has 1 saturated carbocycles.